The van der Waals surface area contributed by atoms with Gasteiger partial charge in [0.15, 0.2) is 0 Å². The van der Waals surface area contributed by atoms with Gasteiger partial charge in [-0.15, -0.1) is 0 Å². The van der Waals surface area contributed by atoms with E-state index in [0.717, 1.165) is 5.56 Å². The third kappa shape index (κ3) is 8.19. The Bertz CT molecular complexity index is 993. The molecule has 0 aliphatic carbocycles. The van der Waals surface area contributed by atoms with Crippen molar-refractivity contribution in [2.45, 2.75) is 64.6 Å². The van der Waals surface area contributed by atoms with Gasteiger partial charge in [-0.2, -0.15) is 0 Å². The Labute approximate surface area is 223 Å². The molecule has 38 heavy (non-hydrogen) atoms. The van der Waals surface area contributed by atoms with E-state index in [9.17, 15) is 24.0 Å². The van der Waals surface area contributed by atoms with E-state index in [1.165, 1.54) is 0 Å². The summed E-state index contributed by atoms with van der Waals surface area (Å²) in [4.78, 5) is 65.8. The van der Waals surface area contributed by atoms with Crippen LogP contribution in [0.1, 0.15) is 51.5 Å². The number of nitrogens with one attached hydrogen (secondary N) is 2. The number of amides is 5. The maximum Gasteiger partial charge on any atom is 0.410 e. The van der Waals surface area contributed by atoms with Crippen LogP contribution in [0.5, 0.6) is 0 Å². The van der Waals surface area contributed by atoms with Gasteiger partial charge >= 0.3 is 6.09 Å². The van der Waals surface area contributed by atoms with Gasteiger partial charge in [-0.05, 0) is 43.6 Å². The second-order valence-corrected chi connectivity index (χ2v) is 10.4. The van der Waals surface area contributed by atoms with E-state index in [-0.39, 0.29) is 36.8 Å². The third-order valence-electron chi connectivity index (χ3n) is 6.92. The minimum Gasteiger partial charge on any atom is -0.445 e. The van der Waals surface area contributed by atoms with Crippen LogP contribution in [0.4, 0.5) is 4.79 Å². The number of carbonyl (C=O) groups excluding carboxylic acids is 5. The molecule has 208 valence electrons. The largest absolute Gasteiger partial charge is 0.445 e. The maximum atomic E-state index is 13.4. The van der Waals surface area contributed by atoms with Gasteiger partial charge in [0.25, 0.3) is 0 Å². The topological polar surface area (TPSA) is 151 Å². The maximum absolute atomic E-state index is 13.4. The molecule has 2 aliphatic rings. The molecule has 1 aromatic carbocycles. The molecule has 0 aromatic heterocycles. The number of likely N-dealkylation sites (tertiary alicyclic amines) is 2. The van der Waals surface area contributed by atoms with Gasteiger partial charge in [-0.3, -0.25) is 19.2 Å². The smallest absolute Gasteiger partial charge is 0.410 e. The van der Waals surface area contributed by atoms with Gasteiger partial charge < -0.3 is 30.9 Å². The van der Waals surface area contributed by atoms with Crippen LogP contribution in [-0.2, 0) is 30.5 Å². The zero-order valence-electron chi connectivity index (χ0n) is 22.2. The highest BCUT2D eigenvalue weighted by atomic mass is 16.6. The molecule has 3 rings (SSSR count). The van der Waals surface area contributed by atoms with Crippen LogP contribution < -0.4 is 16.4 Å². The highest BCUT2D eigenvalue weighted by molar-refractivity contribution is 5.93. The summed E-state index contributed by atoms with van der Waals surface area (Å²) in [5, 5.41) is 5.23. The monoisotopic (exact) mass is 529 g/mol. The van der Waals surface area contributed by atoms with E-state index in [1.807, 2.05) is 44.2 Å². The van der Waals surface area contributed by atoms with Gasteiger partial charge in [0.1, 0.15) is 18.7 Å². The second kappa shape index (κ2) is 13.8. The van der Waals surface area contributed by atoms with Crippen LogP contribution in [0.15, 0.2) is 30.3 Å². The first kappa shape index (κ1) is 28.9. The number of rotatable bonds is 10. The van der Waals surface area contributed by atoms with E-state index in [1.54, 1.807) is 9.80 Å². The number of hydrogen-bond acceptors (Lipinski definition) is 6. The number of carbonyl (C=O) groups is 5. The van der Waals surface area contributed by atoms with Gasteiger partial charge in [0, 0.05) is 25.6 Å². The molecule has 5 amide bonds. The van der Waals surface area contributed by atoms with Crippen molar-refractivity contribution in [3.05, 3.63) is 35.9 Å². The molecule has 1 aromatic rings. The summed E-state index contributed by atoms with van der Waals surface area (Å²) in [5.74, 6) is -1.79. The van der Waals surface area contributed by atoms with Crippen LogP contribution in [0.2, 0.25) is 0 Å². The number of ether oxygens (including phenoxy) is 1. The number of primary amides is 1. The Kier molecular flexibility index (Phi) is 10.5. The molecule has 0 spiro atoms. The Balaban J connectivity index is 1.52. The Hall–Kier alpha value is -3.63. The molecule has 11 nitrogen and oxygen atoms in total. The summed E-state index contributed by atoms with van der Waals surface area (Å²) in [5.41, 5.74) is 6.02. The molecule has 4 N–H and O–H groups in total. The molecule has 2 aliphatic heterocycles. The normalized spacial score (nSPS) is 18.7. The lowest BCUT2D eigenvalue weighted by atomic mass is 9.95. The van der Waals surface area contributed by atoms with Crippen molar-refractivity contribution in [1.29, 1.82) is 0 Å². The fraction of sp³-hybridized carbons (Fsp3) is 0.593. The molecular formula is C27H39N5O6. The lowest BCUT2D eigenvalue weighted by molar-refractivity contribution is -0.143. The van der Waals surface area contributed by atoms with Crippen molar-refractivity contribution in [3.8, 4) is 0 Å². The summed E-state index contributed by atoms with van der Waals surface area (Å²) < 4.78 is 5.41. The SMILES string of the molecule is CC(C)C[C@@H](NC(=O)[C@H]1CCCN1C(=O)C1CCN(C(=O)OCc2ccccc2)CC1)C(=O)NCC(N)=O. The number of hydrogen-bond donors (Lipinski definition) is 3. The van der Waals surface area contributed by atoms with Crippen molar-refractivity contribution < 1.29 is 28.7 Å². The van der Waals surface area contributed by atoms with Crippen molar-refractivity contribution in [3.63, 3.8) is 0 Å². The lowest BCUT2D eigenvalue weighted by Gasteiger charge is -2.34. The molecule has 0 radical (unpaired) electrons. The molecule has 2 saturated heterocycles. The Morgan fingerprint density at radius 1 is 1.03 bits per heavy atom. The van der Waals surface area contributed by atoms with E-state index in [4.69, 9.17) is 10.5 Å². The van der Waals surface area contributed by atoms with Crippen LogP contribution >= 0.6 is 0 Å². The molecule has 2 fully saturated rings. The number of nitrogens with two attached hydrogens (primary N) is 1. The van der Waals surface area contributed by atoms with Crippen molar-refractivity contribution in [2.75, 3.05) is 26.2 Å². The average Bonchev–Trinajstić information content (AvgIpc) is 3.40. The highest BCUT2D eigenvalue weighted by Gasteiger charge is 2.39. The Morgan fingerprint density at radius 2 is 1.71 bits per heavy atom. The van der Waals surface area contributed by atoms with E-state index in [0.29, 0.717) is 51.7 Å². The summed E-state index contributed by atoms with van der Waals surface area (Å²) in [6.07, 6.45) is 2.18. The third-order valence-corrected chi connectivity index (χ3v) is 6.92. The van der Waals surface area contributed by atoms with Crippen molar-refractivity contribution >= 4 is 29.7 Å². The summed E-state index contributed by atoms with van der Waals surface area (Å²) in [6, 6.07) is 7.96. The number of piperidine rings is 1. The minimum absolute atomic E-state index is 0.0986. The molecule has 0 bridgehead atoms. The number of nitrogens with zero attached hydrogens (tertiary/aromatic N) is 2. The molecule has 2 heterocycles. The van der Waals surface area contributed by atoms with E-state index >= 15 is 0 Å². The van der Waals surface area contributed by atoms with Gasteiger partial charge in [-0.1, -0.05) is 44.2 Å². The van der Waals surface area contributed by atoms with Gasteiger partial charge in [-0.25, -0.2) is 4.79 Å². The van der Waals surface area contributed by atoms with Crippen molar-refractivity contribution in [2.24, 2.45) is 17.6 Å². The molecule has 0 saturated carbocycles. The predicted octanol–water partition coefficient (Wildman–Crippen LogP) is 1.16. The first-order chi connectivity index (χ1) is 18.2. The summed E-state index contributed by atoms with van der Waals surface area (Å²) in [7, 11) is 0. The number of benzene rings is 1. The summed E-state index contributed by atoms with van der Waals surface area (Å²) in [6.45, 7) is 5.03. The Morgan fingerprint density at radius 3 is 2.34 bits per heavy atom. The van der Waals surface area contributed by atoms with Gasteiger partial charge in [0.2, 0.25) is 23.6 Å². The first-order valence-corrected chi connectivity index (χ1v) is 13.3. The fourth-order valence-corrected chi connectivity index (χ4v) is 4.93. The standard InChI is InChI=1S/C27H39N5O6/c1-18(2)15-21(24(34)29-16-23(28)33)30-25(35)22-9-6-12-32(22)26(36)20-10-13-31(14-11-20)27(37)38-17-19-7-4-3-5-8-19/h3-5,7-8,18,20-22H,6,9-17H2,1-2H3,(H2,28,33)(H,29,34)(H,30,35)/t21-,22-/m1/s1. The van der Waals surface area contributed by atoms with Gasteiger partial charge in [0.05, 0.1) is 6.54 Å². The van der Waals surface area contributed by atoms with E-state index < -0.39 is 30.0 Å². The van der Waals surface area contributed by atoms with Crippen LogP contribution in [0.25, 0.3) is 0 Å². The molecular weight excluding hydrogens is 490 g/mol. The second-order valence-electron chi connectivity index (χ2n) is 10.4. The van der Waals surface area contributed by atoms with Crippen LogP contribution in [0, 0.1) is 11.8 Å². The average molecular weight is 530 g/mol. The fourth-order valence-electron chi connectivity index (χ4n) is 4.93. The van der Waals surface area contributed by atoms with Crippen LogP contribution in [-0.4, -0.2) is 77.8 Å². The molecule has 0 unspecified atom stereocenters. The molecule has 2 atom stereocenters. The van der Waals surface area contributed by atoms with Crippen LogP contribution in [0.3, 0.4) is 0 Å². The lowest BCUT2D eigenvalue weighted by Crippen LogP contribution is -2.55. The zero-order valence-corrected chi connectivity index (χ0v) is 22.2. The van der Waals surface area contributed by atoms with Crippen molar-refractivity contribution in [1.82, 2.24) is 20.4 Å². The first-order valence-electron chi connectivity index (χ1n) is 13.3. The molecule has 11 heteroatoms. The highest BCUT2D eigenvalue weighted by Crippen LogP contribution is 2.26. The summed E-state index contributed by atoms with van der Waals surface area (Å²) >= 11 is 0. The quantitative estimate of drug-likeness (QED) is 0.414. The zero-order chi connectivity index (χ0) is 27.7. The predicted molar refractivity (Wildman–Crippen MR) is 139 cm³/mol. The van der Waals surface area contributed by atoms with E-state index in [2.05, 4.69) is 10.6 Å². The minimum atomic E-state index is -0.829.